The Hall–Kier alpha value is -6.36. The van der Waals surface area contributed by atoms with Gasteiger partial charge in [-0.3, -0.25) is 19.3 Å². The number of thioether (sulfide) groups is 1. The van der Waals surface area contributed by atoms with Crippen LogP contribution in [0.15, 0.2) is 102 Å². The highest BCUT2D eigenvalue weighted by Crippen LogP contribution is 2.42. The minimum absolute atomic E-state index is 0.0915. The number of unbranched alkanes of at least 4 members (excludes halogenated alkanes) is 1. The van der Waals surface area contributed by atoms with E-state index in [1.165, 1.54) is 16.7 Å². The molecule has 0 aliphatic carbocycles. The first-order valence-corrected chi connectivity index (χ1v) is 23.4. The number of rotatable bonds is 17. The van der Waals surface area contributed by atoms with E-state index in [2.05, 4.69) is 21.3 Å². The predicted octanol–water partition coefficient (Wildman–Crippen LogP) is 7.15. The quantitative estimate of drug-likeness (QED) is 0.0461. The second-order valence-corrected chi connectivity index (χ2v) is 20.3. The predicted molar refractivity (Wildman–Crippen MR) is 252 cm³/mol. The third-order valence-electron chi connectivity index (χ3n) is 10.0. The lowest BCUT2D eigenvalue weighted by atomic mass is 9.99. The minimum Gasteiger partial charge on any atom is -0.458 e. The summed E-state index contributed by atoms with van der Waals surface area (Å²) < 4.78 is 22.6. The van der Waals surface area contributed by atoms with Crippen molar-refractivity contribution in [3.63, 3.8) is 0 Å². The zero-order valence-electron chi connectivity index (χ0n) is 39.6. The largest absolute Gasteiger partial charge is 0.458 e. The summed E-state index contributed by atoms with van der Waals surface area (Å²) in [5.41, 5.74) is -0.332. The van der Waals surface area contributed by atoms with Crippen LogP contribution in [0.4, 0.5) is 9.59 Å². The number of alkyl carbamates (subject to hydrolysis) is 2. The van der Waals surface area contributed by atoms with E-state index >= 15 is 0 Å². The van der Waals surface area contributed by atoms with Gasteiger partial charge in [0, 0.05) is 12.3 Å². The molecule has 1 fully saturated rings. The van der Waals surface area contributed by atoms with Gasteiger partial charge in [-0.15, -0.1) is 11.8 Å². The number of benzene rings is 3. The van der Waals surface area contributed by atoms with Crippen LogP contribution in [0.3, 0.4) is 0 Å². The Kier molecular flexibility index (Phi) is 17.3. The monoisotopic (exact) mass is 941 g/mol. The molecule has 3 aromatic carbocycles. The van der Waals surface area contributed by atoms with Crippen LogP contribution >= 0.6 is 11.8 Å². The number of fused-ring (bicyclic) bond motifs is 1. The van der Waals surface area contributed by atoms with Gasteiger partial charge in [-0.2, -0.15) is 0 Å². The van der Waals surface area contributed by atoms with Crippen LogP contribution < -0.4 is 21.3 Å². The van der Waals surface area contributed by atoms with Crippen molar-refractivity contribution < 1.29 is 52.5 Å². The number of amides is 5. The standard InChI is InChI=1S/C50H63N5O11S/c1-48(2,3)64-44(59)35(52-46(61)65-49(4,5)6)27-19-20-28-51-36(56)29-34-30-67-43-38(53-41(57)37(31-21-13-10-14-22-31)54-47(62)66-50(7,8)9)42(58)55(43)39(34)45(60)63-40(32-23-15-11-16-24-32)33-25-17-12-18-26-33/h10-18,21-26,35,37-38,40,43H,19-20,27-30H2,1-9H3,(H,51,56)(H,52,61)(H,53,57)(H,54,62)/t35?,37?,38-,43+/m1/s1. The smallest absolute Gasteiger partial charge is 0.408 e. The molecule has 67 heavy (non-hydrogen) atoms. The zero-order valence-corrected chi connectivity index (χ0v) is 40.5. The molecule has 0 saturated carbocycles. The Morgan fingerprint density at radius 2 is 1.19 bits per heavy atom. The highest BCUT2D eigenvalue weighted by Gasteiger charge is 2.55. The van der Waals surface area contributed by atoms with Crippen LogP contribution in [0.25, 0.3) is 0 Å². The first-order valence-electron chi connectivity index (χ1n) is 22.3. The minimum atomic E-state index is -1.22. The fourth-order valence-electron chi connectivity index (χ4n) is 7.19. The maximum atomic E-state index is 14.6. The Morgan fingerprint density at radius 1 is 0.687 bits per heavy atom. The average molecular weight is 942 g/mol. The Morgan fingerprint density at radius 3 is 1.72 bits per heavy atom. The maximum absolute atomic E-state index is 14.6. The van der Waals surface area contributed by atoms with E-state index in [4.69, 9.17) is 18.9 Å². The van der Waals surface area contributed by atoms with E-state index in [9.17, 15) is 33.6 Å². The molecule has 16 nitrogen and oxygen atoms in total. The molecule has 360 valence electrons. The fraction of sp³-hybridized carbons (Fsp3) is 0.460. The van der Waals surface area contributed by atoms with E-state index in [0.29, 0.717) is 35.1 Å². The molecule has 1 saturated heterocycles. The molecule has 4 N–H and O–H groups in total. The summed E-state index contributed by atoms with van der Waals surface area (Å²) >= 11 is 1.27. The van der Waals surface area contributed by atoms with Gasteiger partial charge in [0.15, 0.2) is 6.10 Å². The van der Waals surface area contributed by atoms with E-state index < -0.39 is 88.3 Å². The highest BCUT2D eigenvalue weighted by molar-refractivity contribution is 8.00. The van der Waals surface area contributed by atoms with Gasteiger partial charge >= 0.3 is 24.1 Å². The van der Waals surface area contributed by atoms with Crippen LogP contribution in [0.5, 0.6) is 0 Å². The SMILES string of the molecule is CC(C)(C)OC(=O)NC(CCCCNC(=O)CC1=C(C(=O)OC(c2ccccc2)c2ccccc2)N2C(=O)[C@@H](NC(=O)C(NC(=O)OC(C)(C)C)c3ccccc3)[C@@H]2SC1)C(=O)OC(C)(C)C. The summed E-state index contributed by atoms with van der Waals surface area (Å²) in [6.45, 7) is 15.6. The van der Waals surface area contributed by atoms with Crippen molar-refractivity contribution in [3.8, 4) is 0 Å². The summed E-state index contributed by atoms with van der Waals surface area (Å²) in [4.78, 5) is 96.1. The molecule has 2 aliphatic heterocycles. The molecule has 2 aliphatic rings. The number of carbonyl (C=O) groups is 7. The highest BCUT2D eigenvalue weighted by atomic mass is 32.2. The lowest BCUT2D eigenvalue weighted by Gasteiger charge is -2.50. The molecular formula is C50H63N5O11S. The van der Waals surface area contributed by atoms with Crippen LogP contribution in [0, 0.1) is 0 Å². The molecule has 2 unspecified atom stereocenters. The average Bonchev–Trinajstić information content (AvgIpc) is 3.24. The molecule has 4 atom stereocenters. The number of β-lactam (4-membered cyclic amide) rings is 1. The molecule has 3 aromatic rings. The normalized spacial score (nSPS) is 16.9. The number of hydrogen-bond acceptors (Lipinski definition) is 12. The topological polar surface area (TPSA) is 208 Å². The third-order valence-corrected chi connectivity index (χ3v) is 11.4. The van der Waals surface area contributed by atoms with E-state index in [1.807, 2.05) is 60.7 Å². The van der Waals surface area contributed by atoms with Crippen molar-refractivity contribution in [2.45, 2.75) is 134 Å². The van der Waals surface area contributed by atoms with Gasteiger partial charge in [-0.1, -0.05) is 91.0 Å². The van der Waals surface area contributed by atoms with Crippen molar-refractivity contribution in [2.75, 3.05) is 12.3 Å². The van der Waals surface area contributed by atoms with Crippen molar-refractivity contribution >= 4 is 53.6 Å². The number of hydrogen-bond donors (Lipinski definition) is 4. The lowest BCUT2D eigenvalue weighted by molar-refractivity contribution is -0.157. The second kappa shape index (κ2) is 22.4. The zero-order chi connectivity index (χ0) is 49.1. The second-order valence-electron chi connectivity index (χ2n) is 19.2. The molecule has 5 amide bonds. The Balaban J connectivity index is 1.33. The van der Waals surface area contributed by atoms with Crippen molar-refractivity contribution in [1.82, 2.24) is 26.2 Å². The third kappa shape index (κ3) is 15.3. The maximum Gasteiger partial charge on any atom is 0.408 e. The van der Waals surface area contributed by atoms with Gasteiger partial charge in [0.25, 0.3) is 5.91 Å². The van der Waals surface area contributed by atoms with Crippen LogP contribution in [-0.2, 0) is 42.9 Å². The molecular weight excluding hydrogens is 879 g/mol. The number of nitrogens with one attached hydrogen (secondary N) is 4. The van der Waals surface area contributed by atoms with Gasteiger partial charge in [0.2, 0.25) is 11.8 Å². The number of carbonyl (C=O) groups excluding carboxylic acids is 7. The van der Waals surface area contributed by atoms with Gasteiger partial charge < -0.3 is 40.2 Å². The first kappa shape index (κ1) is 51.6. The van der Waals surface area contributed by atoms with Gasteiger partial charge in [-0.05, 0) is 104 Å². The number of nitrogens with zero attached hydrogens (tertiary/aromatic N) is 1. The summed E-state index contributed by atoms with van der Waals surface area (Å²) in [7, 11) is 0. The summed E-state index contributed by atoms with van der Waals surface area (Å²) in [5, 5.41) is 10.1. The molecule has 17 heteroatoms. The summed E-state index contributed by atoms with van der Waals surface area (Å²) in [5.74, 6) is -2.99. The summed E-state index contributed by atoms with van der Waals surface area (Å²) in [6, 6.07) is 23.5. The number of ether oxygens (including phenoxy) is 4. The van der Waals surface area contributed by atoms with Crippen molar-refractivity contribution in [2.24, 2.45) is 0 Å². The van der Waals surface area contributed by atoms with Gasteiger partial charge in [0.05, 0.1) is 6.42 Å². The van der Waals surface area contributed by atoms with Crippen LogP contribution in [0.2, 0.25) is 0 Å². The molecule has 0 spiro atoms. The summed E-state index contributed by atoms with van der Waals surface area (Å²) in [6.07, 6.45) is -1.63. The Bertz CT molecular complexity index is 2230. The van der Waals surface area contributed by atoms with Crippen LogP contribution in [0.1, 0.15) is 117 Å². The lowest BCUT2D eigenvalue weighted by Crippen LogP contribution is -2.71. The van der Waals surface area contributed by atoms with Crippen LogP contribution in [-0.4, -0.2) is 93.3 Å². The molecule has 0 bridgehead atoms. The van der Waals surface area contributed by atoms with E-state index in [1.54, 1.807) is 92.6 Å². The fourth-order valence-corrected chi connectivity index (χ4v) is 8.54. The van der Waals surface area contributed by atoms with Gasteiger partial charge in [-0.25, -0.2) is 19.2 Å². The van der Waals surface area contributed by atoms with Crippen molar-refractivity contribution in [3.05, 3.63) is 119 Å². The van der Waals surface area contributed by atoms with Gasteiger partial charge in [0.1, 0.15) is 46.0 Å². The van der Waals surface area contributed by atoms with Crippen molar-refractivity contribution in [1.29, 1.82) is 0 Å². The Labute approximate surface area is 396 Å². The van der Waals surface area contributed by atoms with E-state index in [-0.39, 0.29) is 30.8 Å². The molecule has 0 aromatic heterocycles. The molecule has 0 radical (unpaired) electrons. The van der Waals surface area contributed by atoms with E-state index in [0.717, 1.165) is 0 Å². The molecule has 2 heterocycles. The molecule has 5 rings (SSSR count). The number of esters is 2. The first-order chi connectivity index (χ1) is 31.5.